The number of benzene rings is 4. The minimum absolute atomic E-state index is 0.0855. The number of nitrogens with one attached hydrogen (secondary N) is 1. The number of hydrogen-bond donors (Lipinski definition) is 2. The predicted molar refractivity (Wildman–Crippen MR) is 192 cm³/mol. The fraction of sp³-hybridized carbons (Fsp3) is 0.450. The SMILES string of the molecule is COCCOCC(O)CO[C@@H]1CNC[C@H](OCc2cc(OC)c3ccccc3c2)[C@H]1c1ccc(OCCCOCc2ccccc2OC)cc1. The summed E-state index contributed by atoms with van der Waals surface area (Å²) in [5, 5.41) is 16.2. The van der Waals surface area contributed by atoms with E-state index in [-0.39, 0.29) is 31.3 Å². The van der Waals surface area contributed by atoms with Crippen LogP contribution in [0.3, 0.4) is 0 Å². The smallest absolute Gasteiger partial charge is 0.127 e. The van der Waals surface area contributed by atoms with Gasteiger partial charge < -0.3 is 48.3 Å². The molecule has 0 saturated carbocycles. The Bertz CT molecular complexity index is 1570. The fourth-order valence-electron chi connectivity index (χ4n) is 6.19. The molecular weight excluding hydrogens is 638 g/mol. The van der Waals surface area contributed by atoms with Gasteiger partial charge in [0.15, 0.2) is 0 Å². The number of piperidine rings is 1. The van der Waals surface area contributed by atoms with E-state index < -0.39 is 6.10 Å². The summed E-state index contributed by atoms with van der Waals surface area (Å²) in [5.74, 6) is 2.35. The summed E-state index contributed by atoms with van der Waals surface area (Å²) in [4.78, 5) is 0. The van der Waals surface area contributed by atoms with Crippen molar-refractivity contribution in [3.8, 4) is 17.2 Å². The highest BCUT2D eigenvalue weighted by atomic mass is 16.5. The molecule has 1 aliphatic rings. The molecule has 4 atom stereocenters. The van der Waals surface area contributed by atoms with E-state index in [0.29, 0.717) is 52.7 Å². The third-order valence-electron chi connectivity index (χ3n) is 8.72. The average molecular weight is 690 g/mol. The van der Waals surface area contributed by atoms with Crippen LogP contribution < -0.4 is 19.5 Å². The van der Waals surface area contributed by atoms with Crippen molar-refractivity contribution < 1.29 is 43.0 Å². The van der Waals surface area contributed by atoms with E-state index in [0.717, 1.165) is 51.1 Å². The van der Waals surface area contributed by atoms with Gasteiger partial charge in [0.25, 0.3) is 0 Å². The van der Waals surface area contributed by atoms with E-state index in [2.05, 4.69) is 35.6 Å². The van der Waals surface area contributed by atoms with Crippen molar-refractivity contribution in [2.45, 2.75) is 43.9 Å². The summed E-state index contributed by atoms with van der Waals surface area (Å²) in [6.45, 7) is 4.51. The Morgan fingerprint density at radius 2 is 1.48 bits per heavy atom. The maximum Gasteiger partial charge on any atom is 0.127 e. The lowest BCUT2D eigenvalue weighted by molar-refractivity contribution is -0.0896. The second kappa shape index (κ2) is 20.2. The Balaban J connectivity index is 1.20. The first-order valence-electron chi connectivity index (χ1n) is 17.3. The molecule has 4 aromatic rings. The first-order valence-corrected chi connectivity index (χ1v) is 17.3. The number of aliphatic hydroxyl groups excluding tert-OH is 1. The molecule has 270 valence electrons. The molecule has 0 amide bonds. The zero-order valence-corrected chi connectivity index (χ0v) is 29.4. The van der Waals surface area contributed by atoms with Gasteiger partial charge in [-0.25, -0.2) is 0 Å². The van der Waals surface area contributed by atoms with E-state index in [4.69, 9.17) is 37.9 Å². The summed E-state index contributed by atoms with van der Waals surface area (Å²) >= 11 is 0. The lowest BCUT2D eigenvalue weighted by atomic mass is 9.85. The predicted octanol–water partition coefficient (Wildman–Crippen LogP) is 5.52. The second-order valence-corrected chi connectivity index (χ2v) is 12.3. The van der Waals surface area contributed by atoms with E-state index in [1.165, 1.54) is 0 Å². The Labute approximate surface area is 295 Å². The minimum Gasteiger partial charge on any atom is -0.496 e. The van der Waals surface area contributed by atoms with Gasteiger partial charge in [-0.15, -0.1) is 0 Å². The summed E-state index contributed by atoms with van der Waals surface area (Å²) in [5.41, 5.74) is 3.13. The van der Waals surface area contributed by atoms with Crippen molar-refractivity contribution in [3.63, 3.8) is 0 Å². The van der Waals surface area contributed by atoms with Crippen molar-refractivity contribution in [3.05, 3.63) is 102 Å². The maximum absolute atomic E-state index is 10.6. The van der Waals surface area contributed by atoms with Crippen LogP contribution in [0.15, 0.2) is 84.9 Å². The summed E-state index contributed by atoms with van der Waals surface area (Å²) in [6.07, 6.45) is -0.420. The van der Waals surface area contributed by atoms with Crippen LogP contribution in [-0.4, -0.2) is 97.5 Å². The highest BCUT2D eigenvalue weighted by Gasteiger charge is 2.36. The molecule has 2 N–H and O–H groups in total. The van der Waals surface area contributed by atoms with Crippen LogP contribution in [0.5, 0.6) is 17.2 Å². The van der Waals surface area contributed by atoms with Gasteiger partial charge in [0, 0.05) is 43.5 Å². The van der Waals surface area contributed by atoms with Crippen molar-refractivity contribution in [1.29, 1.82) is 0 Å². The van der Waals surface area contributed by atoms with Crippen LogP contribution in [0.1, 0.15) is 29.0 Å². The fourth-order valence-corrected chi connectivity index (χ4v) is 6.19. The Hall–Kier alpha value is -3.74. The van der Waals surface area contributed by atoms with Gasteiger partial charge in [0.2, 0.25) is 0 Å². The molecule has 1 saturated heterocycles. The zero-order chi connectivity index (χ0) is 35.0. The highest BCUT2D eigenvalue weighted by molar-refractivity contribution is 5.89. The molecule has 10 nitrogen and oxygen atoms in total. The Kier molecular flexibility index (Phi) is 15.2. The van der Waals surface area contributed by atoms with E-state index in [9.17, 15) is 5.11 Å². The minimum atomic E-state index is -0.756. The molecule has 0 aromatic heterocycles. The Morgan fingerprint density at radius 3 is 2.28 bits per heavy atom. The van der Waals surface area contributed by atoms with Crippen LogP contribution in [0.25, 0.3) is 10.8 Å². The normalized spacial score (nSPS) is 18.2. The van der Waals surface area contributed by atoms with Crippen LogP contribution in [0.2, 0.25) is 0 Å². The summed E-state index contributed by atoms with van der Waals surface area (Å²) in [7, 11) is 4.98. The van der Waals surface area contributed by atoms with Gasteiger partial charge in [-0.05, 0) is 46.8 Å². The largest absolute Gasteiger partial charge is 0.496 e. The van der Waals surface area contributed by atoms with Crippen LogP contribution in [0, 0.1) is 0 Å². The van der Waals surface area contributed by atoms with Crippen molar-refractivity contribution in [1.82, 2.24) is 5.32 Å². The Morgan fingerprint density at radius 1 is 0.720 bits per heavy atom. The quantitative estimate of drug-likeness (QED) is 0.109. The highest BCUT2D eigenvalue weighted by Crippen LogP contribution is 2.33. The van der Waals surface area contributed by atoms with Crippen molar-refractivity contribution >= 4 is 10.8 Å². The summed E-state index contributed by atoms with van der Waals surface area (Å²) < 4.78 is 46.5. The first-order chi connectivity index (χ1) is 24.6. The number of fused-ring (bicyclic) bond motifs is 1. The molecule has 1 aliphatic heterocycles. The van der Waals surface area contributed by atoms with E-state index in [1.54, 1.807) is 21.3 Å². The number of aliphatic hydroxyl groups is 1. The van der Waals surface area contributed by atoms with Crippen LogP contribution >= 0.6 is 0 Å². The molecule has 1 unspecified atom stereocenters. The van der Waals surface area contributed by atoms with Crippen molar-refractivity contribution in [2.24, 2.45) is 0 Å². The molecule has 5 rings (SSSR count). The van der Waals surface area contributed by atoms with Gasteiger partial charge in [0.05, 0.1) is 79.3 Å². The molecule has 50 heavy (non-hydrogen) atoms. The van der Waals surface area contributed by atoms with Crippen molar-refractivity contribution in [2.75, 3.05) is 74.1 Å². The maximum atomic E-state index is 10.6. The zero-order valence-electron chi connectivity index (χ0n) is 29.4. The van der Waals surface area contributed by atoms with Gasteiger partial charge >= 0.3 is 0 Å². The first kappa shape index (κ1) is 37.5. The molecule has 10 heteroatoms. The topological polar surface area (TPSA) is 106 Å². The lowest BCUT2D eigenvalue weighted by Gasteiger charge is -2.39. The monoisotopic (exact) mass is 689 g/mol. The van der Waals surface area contributed by atoms with Gasteiger partial charge in [-0.3, -0.25) is 0 Å². The molecule has 0 bridgehead atoms. The average Bonchev–Trinajstić information content (AvgIpc) is 3.16. The van der Waals surface area contributed by atoms with Gasteiger partial charge in [-0.2, -0.15) is 0 Å². The van der Waals surface area contributed by atoms with Crippen LogP contribution in [-0.2, 0) is 36.9 Å². The number of rotatable bonds is 21. The molecule has 1 heterocycles. The van der Waals surface area contributed by atoms with Crippen LogP contribution in [0.4, 0.5) is 0 Å². The molecule has 1 fully saturated rings. The second-order valence-electron chi connectivity index (χ2n) is 12.3. The standard InChI is InChI=1S/C40H51NO9/c1-43-19-20-47-27-33(42)28-50-39-24-41-23-38(49-25-29-21-31-9-4-6-11-35(31)37(22-29)45-3)40(39)30-13-15-34(16-14-30)48-18-8-17-46-26-32-10-5-7-12-36(32)44-2/h4-7,9-16,21-22,33,38-42H,8,17-20,23-28H2,1-3H3/t33?,38-,39+,40+/m0/s1. The molecule has 4 aromatic carbocycles. The molecular formula is C40H51NO9. The third kappa shape index (κ3) is 10.9. The number of para-hydroxylation sites is 1. The van der Waals surface area contributed by atoms with Gasteiger partial charge in [-0.1, -0.05) is 54.6 Å². The molecule has 0 aliphatic carbocycles. The van der Waals surface area contributed by atoms with E-state index >= 15 is 0 Å². The van der Waals surface area contributed by atoms with E-state index in [1.807, 2.05) is 54.6 Å². The number of methoxy groups -OCH3 is 3. The lowest BCUT2D eigenvalue weighted by Crippen LogP contribution is -2.51. The molecule has 0 radical (unpaired) electrons. The summed E-state index contributed by atoms with van der Waals surface area (Å²) in [6, 6.07) is 28.4. The molecule has 0 spiro atoms. The number of ether oxygens (including phenoxy) is 8. The van der Waals surface area contributed by atoms with Gasteiger partial charge in [0.1, 0.15) is 23.4 Å². The third-order valence-corrected chi connectivity index (χ3v) is 8.72. The number of hydrogen-bond acceptors (Lipinski definition) is 10.